The number of hydrogen-bond acceptors (Lipinski definition) is 4. The Bertz CT molecular complexity index is 509. The minimum Gasteiger partial charge on any atom is -0.447 e. The normalized spacial score (nSPS) is 26.4. The highest BCUT2D eigenvalue weighted by Crippen LogP contribution is 2.29. The maximum Gasteiger partial charge on any atom is 0.276 e. The molecular formula is C12H20N2O3S. The van der Waals surface area contributed by atoms with Gasteiger partial charge in [-0.15, -0.1) is 0 Å². The molecule has 6 heteroatoms. The largest absolute Gasteiger partial charge is 0.447 e. The number of hydrogen-bond donors (Lipinski definition) is 1. The molecule has 0 bridgehead atoms. The summed E-state index contributed by atoms with van der Waals surface area (Å²) in [5.41, 5.74) is 5.43. The second-order valence-electron chi connectivity index (χ2n) is 4.90. The quantitative estimate of drug-likeness (QED) is 0.905. The van der Waals surface area contributed by atoms with Gasteiger partial charge in [0.25, 0.3) is 10.0 Å². The lowest BCUT2D eigenvalue weighted by Crippen LogP contribution is -2.45. The van der Waals surface area contributed by atoms with Crippen molar-refractivity contribution in [3.63, 3.8) is 0 Å². The van der Waals surface area contributed by atoms with Crippen LogP contribution in [0.1, 0.15) is 32.4 Å². The summed E-state index contributed by atoms with van der Waals surface area (Å²) in [6, 6.07) is 3.12. The molecule has 0 amide bonds. The molecule has 2 atom stereocenters. The van der Waals surface area contributed by atoms with Gasteiger partial charge in [0.15, 0.2) is 0 Å². The fourth-order valence-corrected chi connectivity index (χ4v) is 4.06. The lowest BCUT2D eigenvalue weighted by molar-refractivity contribution is 0.198. The van der Waals surface area contributed by atoms with Crippen LogP contribution >= 0.6 is 0 Å². The van der Waals surface area contributed by atoms with Crippen molar-refractivity contribution >= 4 is 10.0 Å². The topological polar surface area (TPSA) is 76.5 Å². The van der Waals surface area contributed by atoms with Crippen LogP contribution in [-0.4, -0.2) is 25.3 Å². The Morgan fingerprint density at radius 1 is 1.44 bits per heavy atom. The van der Waals surface area contributed by atoms with Crippen molar-refractivity contribution in [1.29, 1.82) is 0 Å². The number of rotatable bonds is 3. The van der Waals surface area contributed by atoms with Crippen molar-refractivity contribution in [2.45, 2.75) is 44.4 Å². The highest BCUT2D eigenvalue weighted by molar-refractivity contribution is 7.89. The maximum absolute atomic E-state index is 12.5. The Labute approximate surface area is 108 Å². The molecule has 1 aromatic rings. The molecule has 0 aliphatic carbocycles. The number of piperidine rings is 1. The van der Waals surface area contributed by atoms with Crippen molar-refractivity contribution in [1.82, 2.24) is 4.31 Å². The minimum atomic E-state index is -3.52. The molecule has 2 rings (SSSR count). The monoisotopic (exact) mass is 272 g/mol. The molecule has 0 saturated carbocycles. The summed E-state index contributed by atoms with van der Waals surface area (Å²) in [7, 11) is -3.52. The van der Waals surface area contributed by atoms with E-state index in [1.165, 1.54) is 6.07 Å². The minimum absolute atomic E-state index is 0.00361. The predicted octanol–water partition coefficient (Wildman–Crippen LogP) is 1.55. The molecule has 5 nitrogen and oxygen atoms in total. The maximum atomic E-state index is 12.5. The Balaban J connectivity index is 2.30. The van der Waals surface area contributed by atoms with Crippen molar-refractivity contribution < 1.29 is 12.8 Å². The van der Waals surface area contributed by atoms with Crippen LogP contribution in [0.3, 0.4) is 0 Å². The molecule has 0 radical (unpaired) electrons. The van der Waals surface area contributed by atoms with Crippen LogP contribution in [0.25, 0.3) is 0 Å². The van der Waals surface area contributed by atoms with Gasteiger partial charge >= 0.3 is 0 Å². The first kappa shape index (κ1) is 13.6. The molecule has 1 aromatic heterocycles. The molecular weight excluding hydrogens is 252 g/mol. The van der Waals surface area contributed by atoms with Gasteiger partial charge in [0.2, 0.25) is 5.09 Å². The first-order valence-electron chi connectivity index (χ1n) is 6.27. The third kappa shape index (κ3) is 2.32. The summed E-state index contributed by atoms with van der Waals surface area (Å²) >= 11 is 0. The number of sulfonamides is 1. The van der Waals surface area contributed by atoms with E-state index in [-0.39, 0.29) is 17.7 Å². The van der Waals surface area contributed by atoms with Gasteiger partial charge in [0, 0.05) is 12.6 Å². The van der Waals surface area contributed by atoms with E-state index >= 15 is 0 Å². The third-order valence-corrected chi connectivity index (χ3v) is 5.58. The molecule has 2 N–H and O–H groups in total. The van der Waals surface area contributed by atoms with E-state index in [1.54, 1.807) is 10.4 Å². The van der Waals surface area contributed by atoms with Crippen molar-refractivity contribution in [3.05, 3.63) is 17.9 Å². The van der Waals surface area contributed by atoms with Gasteiger partial charge in [-0.05, 0) is 37.8 Å². The number of furan rings is 1. The van der Waals surface area contributed by atoms with Gasteiger partial charge in [-0.1, -0.05) is 6.92 Å². The fourth-order valence-electron chi connectivity index (χ4n) is 2.36. The molecule has 0 spiro atoms. The average molecular weight is 272 g/mol. The van der Waals surface area contributed by atoms with E-state index in [9.17, 15) is 8.42 Å². The molecule has 1 fully saturated rings. The van der Waals surface area contributed by atoms with E-state index in [2.05, 4.69) is 6.92 Å². The lowest BCUT2D eigenvalue weighted by Gasteiger charge is -2.36. The molecule has 1 aliphatic heterocycles. The van der Waals surface area contributed by atoms with Crippen LogP contribution in [0, 0.1) is 5.92 Å². The first-order valence-corrected chi connectivity index (χ1v) is 7.71. The standard InChI is InChI=1S/C12H20N2O3S/c1-9-4-3-7-14(10(9)2)18(15,16)12-6-5-11(8-13)17-12/h5-6,9-10H,3-4,7-8,13H2,1-2H3. The Hall–Kier alpha value is -0.850. The molecule has 2 unspecified atom stereocenters. The van der Waals surface area contributed by atoms with E-state index in [1.807, 2.05) is 6.92 Å². The van der Waals surface area contributed by atoms with Gasteiger partial charge in [0.1, 0.15) is 5.76 Å². The highest BCUT2D eigenvalue weighted by atomic mass is 32.2. The van der Waals surface area contributed by atoms with Gasteiger partial charge < -0.3 is 10.2 Å². The molecule has 2 heterocycles. The predicted molar refractivity (Wildman–Crippen MR) is 68.4 cm³/mol. The average Bonchev–Trinajstić information content (AvgIpc) is 2.81. The Kier molecular flexibility index (Phi) is 3.79. The fraction of sp³-hybridized carbons (Fsp3) is 0.667. The zero-order valence-corrected chi connectivity index (χ0v) is 11.6. The molecule has 0 aromatic carbocycles. The van der Waals surface area contributed by atoms with Gasteiger partial charge in [-0.3, -0.25) is 0 Å². The van der Waals surface area contributed by atoms with Crippen LogP contribution in [-0.2, 0) is 16.6 Å². The highest BCUT2D eigenvalue weighted by Gasteiger charge is 2.36. The second-order valence-corrected chi connectivity index (χ2v) is 6.72. The zero-order valence-electron chi connectivity index (χ0n) is 10.8. The van der Waals surface area contributed by atoms with Crippen molar-refractivity contribution in [2.75, 3.05) is 6.54 Å². The summed E-state index contributed by atoms with van der Waals surface area (Å²) in [5, 5.41) is 0.00361. The van der Waals surface area contributed by atoms with E-state index in [4.69, 9.17) is 10.2 Å². The molecule has 18 heavy (non-hydrogen) atoms. The van der Waals surface area contributed by atoms with Crippen LogP contribution < -0.4 is 5.73 Å². The van der Waals surface area contributed by atoms with Crippen LogP contribution in [0.2, 0.25) is 0 Å². The first-order chi connectivity index (χ1) is 8.46. The summed E-state index contributed by atoms with van der Waals surface area (Å²) in [6.07, 6.45) is 1.97. The van der Waals surface area contributed by atoms with Crippen LogP contribution in [0.15, 0.2) is 21.6 Å². The smallest absolute Gasteiger partial charge is 0.276 e. The summed E-state index contributed by atoms with van der Waals surface area (Å²) < 4.78 is 31.7. The Morgan fingerprint density at radius 3 is 2.78 bits per heavy atom. The second kappa shape index (κ2) is 5.03. The van der Waals surface area contributed by atoms with Crippen LogP contribution in [0.5, 0.6) is 0 Å². The van der Waals surface area contributed by atoms with Gasteiger partial charge in [0.05, 0.1) is 6.54 Å². The van der Waals surface area contributed by atoms with Crippen molar-refractivity contribution in [2.24, 2.45) is 11.7 Å². The summed E-state index contributed by atoms with van der Waals surface area (Å²) in [4.78, 5) is 0. The number of nitrogens with zero attached hydrogens (tertiary/aromatic N) is 1. The summed E-state index contributed by atoms with van der Waals surface area (Å²) in [5.74, 6) is 0.865. The molecule has 1 aliphatic rings. The van der Waals surface area contributed by atoms with Gasteiger partial charge in [-0.25, -0.2) is 8.42 Å². The third-order valence-electron chi connectivity index (χ3n) is 3.72. The SMILES string of the molecule is CC1CCCN(S(=O)(=O)c2ccc(CN)o2)C1C. The molecule has 1 saturated heterocycles. The molecule has 102 valence electrons. The van der Waals surface area contributed by atoms with Crippen molar-refractivity contribution in [3.8, 4) is 0 Å². The van der Waals surface area contributed by atoms with E-state index < -0.39 is 10.0 Å². The Morgan fingerprint density at radius 2 is 2.17 bits per heavy atom. The lowest BCUT2D eigenvalue weighted by atomic mass is 9.94. The summed E-state index contributed by atoms with van der Waals surface area (Å²) in [6.45, 7) is 4.81. The number of nitrogens with two attached hydrogens (primary N) is 1. The van der Waals surface area contributed by atoms with Gasteiger partial charge in [-0.2, -0.15) is 4.31 Å². The zero-order chi connectivity index (χ0) is 13.3. The van der Waals surface area contributed by atoms with Crippen LogP contribution in [0.4, 0.5) is 0 Å². The van der Waals surface area contributed by atoms with E-state index in [0.717, 1.165) is 12.8 Å². The van der Waals surface area contributed by atoms with E-state index in [0.29, 0.717) is 18.2 Å².